The molecule has 10 heteroatoms. The summed E-state index contributed by atoms with van der Waals surface area (Å²) in [6, 6.07) is 0. The summed E-state index contributed by atoms with van der Waals surface area (Å²) in [4.78, 5) is 0. The van der Waals surface area contributed by atoms with E-state index < -0.39 is 11.5 Å². The second kappa shape index (κ2) is 6.71. The number of hydrogen-bond acceptors (Lipinski definition) is 4. The number of aromatic hydroxyl groups is 2. The van der Waals surface area contributed by atoms with Crippen LogP contribution in [0.1, 0.15) is 11.1 Å². The summed E-state index contributed by atoms with van der Waals surface area (Å²) in [7, 11) is 0. The molecule has 23 heavy (non-hydrogen) atoms. The molecule has 0 aliphatic carbocycles. The van der Waals surface area contributed by atoms with Gasteiger partial charge in [-0.2, -0.15) is 0 Å². The Bertz CT molecular complexity index is 700. The Labute approximate surface area is 161 Å². The summed E-state index contributed by atoms with van der Waals surface area (Å²) >= 11 is 36.3. The lowest BCUT2D eigenvalue weighted by atomic mass is 10.0. The topological polar surface area (TPSA) is 92.5 Å². The molecule has 2 aromatic rings. The number of hydrogen-bond donors (Lipinski definition) is 4. The third-order valence-electron chi connectivity index (χ3n) is 3.20. The highest BCUT2D eigenvalue weighted by atomic mass is 35.5. The van der Waals surface area contributed by atoms with E-state index in [-0.39, 0.29) is 59.1 Å². The van der Waals surface area contributed by atoms with Crippen molar-refractivity contribution in [2.45, 2.75) is 6.42 Å². The van der Waals surface area contributed by atoms with E-state index in [1.54, 1.807) is 0 Å². The van der Waals surface area contributed by atoms with Crippen LogP contribution in [0.2, 0.25) is 30.1 Å². The molecular formula is C13H8Cl6N2O2. The molecule has 2 aromatic carbocycles. The van der Waals surface area contributed by atoms with Gasteiger partial charge in [-0.15, -0.1) is 0 Å². The van der Waals surface area contributed by atoms with Crippen LogP contribution in [-0.2, 0) is 6.42 Å². The van der Waals surface area contributed by atoms with Crippen LogP contribution in [0.25, 0.3) is 0 Å². The molecule has 0 aromatic heterocycles. The van der Waals surface area contributed by atoms with E-state index in [4.69, 9.17) is 81.1 Å². The van der Waals surface area contributed by atoms with Gasteiger partial charge >= 0.3 is 0 Å². The minimum Gasteiger partial charge on any atom is -0.504 e. The van der Waals surface area contributed by atoms with Crippen molar-refractivity contribution >= 4 is 81.0 Å². The number of anilines is 2. The van der Waals surface area contributed by atoms with Crippen LogP contribution in [-0.4, -0.2) is 10.2 Å². The molecule has 6 N–H and O–H groups in total. The molecule has 4 nitrogen and oxygen atoms in total. The Kier molecular flexibility index (Phi) is 5.46. The minimum absolute atomic E-state index is 0.00759. The van der Waals surface area contributed by atoms with Crippen LogP contribution in [0, 0.1) is 0 Å². The molecule has 0 aliphatic rings. The molecular weight excluding hydrogens is 429 g/mol. The van der Waals surface area contributed by atoms with Gasteiger partial charge in [0.15, 0.2) is 11.5 Å². The number of nitrogen functional groups attached to an aromatic ring is 2. The third-order valence-corrected chi connectivity index (χ3v) is 5.82. The van der Waals surface area contributed by atoms with Gasteiger partial charge in [-0.25, -0.2) is 0 Å². The maximum Gasteiger partial charge on any atom is 0.160 e. The first-order valence-electron chi connectivity index (χ1n) is 5.87. The predicted molar refractivity (Wildman–Crippen MR) is 97.9 cm³/mol. The highest BCUT2D eigenvalue weighted by Crippen LogP contribution is 2.49. The van der Waals surface area contributed by atoms with Crippen molar-refractivity contribution in [3.63, 3.8) is 0 Å². The fourth-order valence-electron chi connectivity index (χ4n) is 1.92. The zero-order chi connectivity index (χ0) is 17.6. The molecule has 0 radical (unpaired) electrons. The highest BCUT2D eigenvalue weighted by Gasteiger charge is 2.24. The van der Waals surface area contributed by atoms with Gasteiger partial charge in [-0.1, -0.05) is 69.6 Å². The molecule has 0 heterocycles. The molecule has 0 amide bonds. The fraction of sp³-hybridized carbons (Fsp3) is 0.0769. The van der Waals surface area contributed by atoms with E-state index in [9.17, 15) is 10.2 Å². The lowest BCUT2D eigenvalue weighted by Gasteiger charge is -2.17. The van der Waals surface area contributed by atoms with E-state index in [0.717, 1.165) is 0 Å². The molecule has 2 rings (SSSR count). The molecule has 124 valence electrons. The van der Waals surface area contributed by atoms with Crippen molar-refractivity contribution in [1.82, 2.24) is 0 Å². The first-order chi connectivity index (χ1) is 10.6. The van der Waals surface area contributed by atoms with Crippen molar-refractivity contribution in [3.05, 3.63) is 41.3 Å². The Morgan fingerprint density at radius 1 is 0.565 bits per heavy atom. The smallest absolute Gasteiger partial charge is 0.160 e. The zero-order valence-electron chi connectivity index (χ0n) is 11.0. The van der Waals surface area contributed by atoms with Gasteiger partial charge in [0.05, 0.1) is 31.5 Å². The first kappa shape index (κ1) is 18.7. The number of rotatable bonds is 2. The second-order valence-electron chi connectivity index (χ2n) is 4.54. The standard InChI is InChI=1S/C13H8Cl6N2O2/c14-4-2(6(16)10(20)12(22)8(4)18)1-3-5(15)9(19)13(23)11(21)7(3)17/h22-23H,1,20-21H2. The highest BCUT2D eigenvalue weighted by molar-refractivity contribution is 6.47. The van der Waals surface area contributed by atoms with Crippen LogP contribution in [0.5, 0.6) is 11.5 Å². The van der Waals surface area contributed by atoms with Crippen molar-refractivity contribution in [3.8, 4) is 11.5 Å². The van der Waals surface area contributed by atoms with Crippen LogP contribution < -0.4 is 11.5 Å². The van der Waals surface area contributed by atoms with Gasteiger partial charge < -0.3 is 21.7 Å². The number of phenols is 2. The van der Waals surface area contributed by atoms with Crippen LogP contribution in [0.3, 0.4) is 0 Å². The number of nitrogens with two attached hydrogens (primary N) is 2. The van der Waals surface area contributed by atoms with E-state index in [2.05, 4.69) is 0 Å². The molecule has 0 bridgehead atoms. The van der Waals surface area contributed by atoms with E-state index >= 15 is 0 Å². The monoisotopic (exact) mass is 434 g/mol. The van der Waals surface area contributed by atoms with Crippen molar-refractivity contribution < 1.29 is 10.2 Å². The number of benzene rings is 2. The maximum absolute atomic E-state index is 9.74. The van der Waals surface area contributed by atoms with Crippen LogP contribution in [0.15, 0.2) is 0 Å². The van der Waals surface area contributed by atoms with E-state index in [1.165, 1.54) is 0 Å². The average Bonchev–Trinajstić information content (AvgIpc) is 2.54. The summed E-state index contributed by atoms with van der Waals surface area (Å²) in [5.41, 5.74) is 11.6. The molecule has 0 aliphatic heterocycles. The lowest BCUT2D eigenvalue weighted by molar-refractivity contribution is 0.478. The lowest BCUT2D eigenvalue weighted by Crippen LogP contribution is -2.01. The number of phenolic OH excluding ortho intramolecular Hbond substituents is 2. The van der Waals surface area contributed by atoms with Gasteiger partial charge in [-0.05, 0) is 11.1 Å². The normalized spacial score (nSPS) is 11.0. The molecule has 0 spiro atoms. The van der Waals surface area contributed by atoms with Gasteiger partial charge in [0.25, 0.3) is 0 Å². The quantitative estimate of drug-likeness (QED) is 0.273. The van der Waals surface area contributed by atoms with E-state index in [0.29, 0.717) is 0 Å². The Balaban J connectivity index is 2.71. The van der Waals surface area contributed by atoms with Crippen molar-refractivity contribution in [2.24, 2.45) is 0 Å². The molecule has 0 atom stereocenters. The summed E-state index contributed by atoms with van der Waals surface area (Å²) in [6.07, 6.45) is -0.0241. The summed E-state index contributed by atoms with van der Waals surface area (Å²) in [6.45, 7) is 0. The largest absolute Gasteiger partial charge is 0.504 e. The Morgan fingerprint density at radius 3 is 1.17 bits per heavy atom. The number of halogens is 6. The van der Waals surface area contributed by atoms with Crippen molar-refractivity contribution in [1.29, 1.82) is 0 Å². The van der Waals surface area contributed by atoms with Gasteiger partial charge in [0, 0.05) is 6.42 Å². The van der Waals surface area contributed by atoms with Gasteiger partial charge in [0.2, 0.25) is 0 Å². The first-order valence-corrected chi connectivity index (χ1v) is 8.13. The van der Waals surface area contributed by atoms with Crippen molar-refractivity contribution in [2.75, 3.05) is 11.5 Å². The summed E-state index contributed by atoms with van der Waals surface area (Å²) in [5, 5.41) is 19.1. The summed E-state index contributed by atoms with van der Waals surface area (Å²) in [5.74, 6) is -0.850. The Morgan fingerprint density at radius 2 is 0.870 bits per heavy atom. The fourth-order valence-corrected chi connectivity index (χ4v) is 3.45. The minimum atomic E-state index is -0.425. The average molecular weight is 437 g/mol. The van der Waals surface area contributed by atoms with E-state index in [1.807, 2.05) is 0 Å². The molecule has 0 saturated heterocycles. The third kappa shape index (κ3) is 3.04. The Hall–Kier alpha value is -0.620. The van der Waals surface area contributed by atoms with Crippen LogP contribution in [0.4, 0.5) is 11.4 Å². The second-order valence-corrected chi connectivity index (χ2v) is 6.81. The summed E-state index contributed by atoms with van der Waals surface area (Å²) < 4.78 is 0. The molecule has 0 fully saturated rings. The zero-order valence-corrected chi connectivity index (χ0v) is 15.6. The maximum atomic E-state index is 9.74. The SMILES string of the molecule is Nc1c(O)c(Cl)c(Cl)c(Cc2c(Cl)c(N)c(O)c(Cl)c2Cl)c1Cl. The molecule has 0 unspecified atom stereocenters. The molecule has 0 saturated carbocycles. The van der Waals surface area contributed by atoms with Gasteiger partial charge in [-0.3, -0.25) is 0 Å². The van der Waals surface area contributed by atoms with Gasteiger partial charge in [0.1, 0.15) is 10.0 Å². The predicted octanol–water partition coefficient (Wildman–Crippen LogP) is 5.77. The van der Waals surface area contributed by atoms with Crippen LogP contribution >= 0.6 is 69.6 Å².